The SMILES string of the molecule is CCn1c(C)cc(CNC2CCCC(C(F)(F)F)C2)c1C. The van der Waals surface area contributed by atoms with Gasteiger partial charge in [0.05, 0.1) is 5.92 Å². The molecule has 1 aliphatic rings. The van der Waals surface area contributed by atoms with Crippen molar-refractivity contribution in [2.24, 2.45) is 5.92 Å². The predicted octanol–water partition coefficient (Wildman–Crippen LogP) is 4.34. The van der Waals surface area contributed by atoms with E-state index in [1.54, 1.807) is 0 Å². The van der Waals surface area contributed by atoms with Crippen LogP contribution >= 0.6 is 0 Å². The normalized spacial score (nSPS) is 23.5. The van der Waals surface area contributed by atoms with Crippen LogP contribution in [-0.2, 0) is 13.1 Å². The van der Waals surface area contributed by atoms with E-state index in [1.165, 1.54) is 17.0 Å². The minimum absolute atomic E-state index is 0.0185. The molecule has 120 valence electrons. The summed E-state index contributed by atoms with van der Waals surface area (Å²) in [5.74, 6) is -1.13. The lowest BCUT2D eigenvalue weighted by molar-refractivity contribution is -0.183. The van der Waals surface area contributed by atoms with Gasteiger partial charge in [-0.25, -0.2) is 0 Å². The summed E-state index contributed by atoms with van der Waals surface area (Å²) in [4.78, 5) is 0. The minimum atomic E-state index is -4.04. The Kier molecular flexibility index (Phi) is 5.02. The van der Waals surface area contributed by atoms with E-state index in [0.717, 1.165) is 13.0 Å². The van der Waals surface area contributed by atoms with Crippen molar-refractivity contribution in [3.63, 3.8) is 0 Å². The summed E-state index contributed by atoms with van der Waals surface area (Å²) in [5.41, 5.74) is 3.62. The van der Waals surface area contributed by atoms with Gasteiger partial charge in [-0.2, -0.15) is 13.2 Å². The van der Waals surface area contributed by atoms with Crippen LogP contribution in [0.15, 0.2) is 6.07 Å². The quantitative estimate of drug-likeness (QED) is 0.875. The average Bonchev–Trinajstić information content (AvgIpc) is 2.70. The molecule has 2 nitrogen and oxygen atoms in total. The predicted molar refractivity (Wildman–Crippen MR) is 78.2 cm³/mol. The van der Waals surface area contributed by atoms with Crippen LogP contribution in [0.5, 0.6) is 0 Å². The lowest BCUT2D eigenvalue weighted by Crippen LogP contribution is -2.38. The van der Waals surface area contributed by atoms with Crippen LogP contribution in [0.3, 0.4) is 0 Å². The number of aryl methyl sites for hydroxylation is 1. The smallest absolute Gasteiger partial charge is 0.349 e. The Morgan fingerprint density at radius 3 is 2.57 bits per heavy atom. The number of aromatic nitrogens is 1. The van der Waals surface area contributed by atoms with Crippen molar-refractivity contribution in [2.75, 3.05) is 0 Å². The fourth-order valence-electron chi connectivity index (χ4n) is 3.46. The van der Waals surface area contributed by atoms with Crippen molar-refractivity contribution in [1.82, 2.24) is 9.88 Å². The van der Waals surface area contributed by atoms with Gasteiger partial charge in [-0.15, -0.1) is 0 Å². The van der Waals surface area contributed by atoms with Crippen LogP contribution < -0.4 is 5.32 Å². The first-order valence-corrected chi connectivity index (χ1v) is 7.78. The topological polar surface area (TPSA) is 17.0 Å². The Labute approximate surface area is 124 Å². The monoisotopic (exact) mass is 302 g/mol. The van der Waals surface area contributed by atoms with Crippen LogP contribution in [0.4, 0.5) is 13.2 Å². The number of nitrogens with one attached hydrogen (secondary N) is 1. The van der Waals surface area contributed by atoms with Gasteiger partial charge < -0.3 is 9.88 Å². The van der Waals surface area contributed by atoms with Gasteiger partial charge in [-0.3, -0.25) is 0 Å². The van der Waals surface area contributed by atoms with Gasteiger partial charge in [0, 0.05) is 30.5 Å². The Morgan fingerprint density at radius 1 is 1.29 bits per heavy atom. The highest BCUT2D eigenvalue weighted by Gasteiger charge is 2.41. The zero-order valence-corrected chi connectivity index (χ0v) is 13.1. The molecule has 1 aromatic rings. The number of alkyl halides is 3. The maximum absolute atomic E-state index is 12.8. The molecule has 2 atom stereocenters. The molecule has 1 saturated carbocycles. The standard InChI is InChI=1S/C16H25F3N2/c1-4-21-11(2)8-13(12(21)3)10-20-15-7-5-6-14(9-15)16(17,18)19/h8,14-15,20H,4-7,9-10H2,1-3H3. The van der Waals surface area contributed by atoms with E-state index in [9.17, 15) is 13.2 Å². The first-order chi connectivity index (χ1) is 9.82. The highest BCUT2D eigenvalue weighted by molar-refractivity contribution is 5.26. The van der Waals surface area contributed by atoms with Crippen LogP contribution in [-0.4, -0.2) is 16.8 Å². The molecule has 0 amide bonds. The largest absolute Gasteiger partial charge is 0.391 e. The molecule has 0 saturated heterocycles. The van der Waals surface area contributed by atoms with Crippen molar-refractivity contribution >= 4 is 0 Å². The molecule has 1 fully saturated rings. The van der Waals surface area contributed by atoms with E-state index in [4.69, 9.17) is 0 Å². The van der Waals surface area contributed by atoms with Gasteiger partial charge in [0.15, 0.2) is 0 Å². The fourth-order valence-corrected chi connectivity index (χ4v) is 3.46. The molecule has 1 N–H and O–H groups in total. The van der Waals surface area contributed by atoms with Gasteiger partial charge >= 0.3 is 6.18 Å². The van der Waals surface area contributed by atoms with E-state index in [2.05, 4.69) is 36.7 Å². The first kappa shape index (κ1) is 16.4. The van der Waals surface area contributed by atoms with E-state index in [1.807, 2.05) is 0 Å². The third-order valence-electron chi connectivity index (χ3n) is 4.71. The van der Waals surface area contributed by atoms with Crippen molar-refractivity contribution in [2.45, 2.75) is 71.8 Å². The fraction of sp³-hybridized carbons (Fsp3) is 0.750. The molecule has 2 unspecified atom stereocenters. The number of halogens is 3. The van der Waals surface area contributed by atoms with E-state index in [0.29, 0.717) is 13.0 Å². The summed E-state index contributed by atoms with van der Waals surface area (Å²) >= 11 is 0. The second-order valence-electron chi connectivity index (χ2n) is 6.12. The molecule has 0 aromatic carbocycles. The number of rotatable bonds is 4. The molecule has 1 aliphatic carbocycles. The minimum Gasteiger partial charge on any atom is -0.349 e. The lowest BCUT2D eigenvalue weighted by Gasteiger charge is -2.31. The molecule has 0 spiro atoms. The van der Waals surface area contributed by atoms with Crippen molar-refractivity contribution < 1.29 is 13.2 Å². The average molecular weight is 302 g/mol. The van der Waals surface area contributed by atoms with Crippen LogP contribution in [0.25, 0.3) is 0 Å². The van der Waals surface area contributed by atoms with Gasteiger partial charge in [0.25, 0.3) is 0 Å². The maximum atomic E-state index is 12.8. The first-order valence-electron chi connectivity index (χ1n) is 7.78. The molecule has 0 aliphatic heterocycles. The Balaban J connectivity index is 1.94. The number of hydrogen-bond donors (Lipinski definition) is 1. The van der Waals surface area contributed by atoms with E-state index < -0.39 is 12.1 Å². The summed E-state index contributed by atoms with van der Waals surface area (Å²) in [6.07, 6.45) is -2.03. The summed E-state index contributed by atoms with van der Waals surface area (Å²) in [6.45, 7) is 7.84. The van der Waals surface area contributed by atoms with Crippen molar-refractivity contribution in [3.8, 4) is 0 Å². The van der Waals surface area contributed by atoms with E-state index in [-0.39, 0.29) is 18.9 Å². The Morgan fingerprint density at radius 2 is 2.00 bits per heavy atom. The molecule has 1 aromatic heterocycles. The van der Waals surface area contributed by atoms with Crippen LogP contribution in [0.2, 0.25) is 0 Å². The molecule has 0 bridgehead atoms. The van der Waals surface area contributed by atoms with Gasteiger partial charge in [0.2, 0.25) is 0 Å². The third-order valence-corrected chi connectivity index (χ3v) is 4.71. The maximum Gasteiger partial charge on any atom is 0.391 e. The molecule has 0 radical (unpaired) electrons. The Bertz CT molecular complexity index is 477. The van der Waals surface area contributed by atoms with Crippen molar-refractivity contribution in [3.05, 3.63) is 23.0 Å². The van der Waals surface area contributed by atoms with Gasteiger partial charge in [-0.1, -0.05) is 6.42 Å². The highest BCUT2D eigenvalue weighted by Crippen LogP contribution is 2.37. The van der Waals surface area contributed by atoms with E-state index >= 15 is 0 Å². The molecule has 2 rings (SSSR count). The number of hydrogen-bond acceptors (Lipinski definition) is 1. The molecule has 1 heterocycles. The molecular weight excluding hydrogens is 277 g/mol. The summed E-state index contributed by atoms with van der Waals surface area (Å²) in [5, 5.41) is 3.33. The second kappa shape index (κ2) is 6.42. The summed E-state index contributed by atoms with van der Waals surface area (Å²) < 4.78 is 40.7. The second-order valence-corrected chi connectivity index (χ2v) is 6.12. The zero-order valence-electron chi connectivity index (χ0n) is 13.1. The third kappa shape index (κ3) is 3.82. The van der Waals surface area contributed by atoms with Crippen LogP contribution in [0.1, 0.15) is 49.6 Å². The molecule has 5 heteroatoms. The summed E-state index contributed by atoms with van der Waals surface area (Å²) in [6, 6.07) is 2.12. The van der Waals surface area contributed by atoms with Crippen molar-refractivity contribution in [1.29, 1.82) is 0 Å². The van der Waals surface area contributed by atoms with Gasteiger partial charge in [0.1, 0.15) is 0 Å². The summed E-state index contributed by atoms with van der Waals surface area (Å²) in [7, 11) is 0. The highest BCUT2D eigenvalue weighted by atomic mass is 19.4. The lowest BCUT2D eigenvalue weighted by atomic mass is 9.85. The molecule has 21 heavy (non-hydrogen) atoms. The molecular formula is C16H25F3N2. The zero-order chi connectivity index (χ0) is 15.6. The van der Waals surface area contributed by atoms with Gasteiger partial charge in [-0.05, 0) is 51.7 Å². The Hall–Kier alpha value is -0.970. The van der Waals surface area contributed by atoms with Crippen LogP contribution in [0, 0.1) is 19.8 Å². The number of nitrogens with zero attached hydrogens (tertiary/aromatic N) is 1.